The maximum Gasteiger partial charge on any atom is 0.238 e. The Kier molecular flexibility index (Phi) is 7.13. The monoisotopic (exact) mass is 646 g/mol. The second kappa shape index (κ2) is 10.9. The average Bonchev–Trinajstić information content (AvgIpc) is 3.44. The Balaban J connectivity index is 1.37. The fraction of sp³-hybridized carbons (Fsp3) is 0.294. The third kappa shape index (κ3) is 4.43. The van der Waals surface area contributed by atoms with Crippen molar-refractivity contribution in [3.8, 4) is 17.2 Å². The molecule has 11 heteroatoms. The number of benzene rings is 3. The molecule has 0 spiro atoms. The van der Waals surface area contributed by atoms with Crippen LogP contribution in [0, 0.1) is 29.6 Å². The van der Waals surface area contributed by atoms with Gasteiger partial charge in [0, 0.05) is 33.7 Å². The van der Waals surface area contributed by atoms with Crippen molar-refractivity contribution in [3.63, 3.8) is 0 Å². The number of phenols is 1. The maximum absolute atomic E-state index is 14.3. The molecule has 3 fully saturated rings. The molecule has 1 N–H and O–H groups in total. The summed E-state index contributed by atoms with van der Waals surface area (Å²) in [5.41, 5.74) is 1.86. The van der Waals surface area contributed by atoms with E-state index in [-0.39, 0.29) is 36.2 Å². The number of ether oxygens (including phenoxy) is 2. The van der Waals surface area contributed by atoms with Gasteiger partial charge in [-0.05, 0) is 67.3 Å². The number of rotatable bonds is 5. The zero-order valence-electron chi connectivity index (χ0n) is 24.3. The number of allylic oxidation sites excluding steroid dienone is 2. The van der Waals surface area contributed by atoms with Crippen LogP contribution in [0.15, 0.2) is 72.3 Å². The van der Waals surface area contributed by atoms with Crippen LogP contribution in [-0.2, 0) is 19.2 Å². The molecule has 2 aliphatic heterocycles. The molecule has 6 unspecified atom stereocenters. The van der Waals surface area contributed by atoms with Crippen LogP contribution in [0.4, 0.5) is 11.4 Å². The van der Waals surface area contributed by atoms with Crippen LogP contribution in [-0.4, -0.2) is 43.0 Å². The van der Waals surface area contributed by atoms with Crippen molar-refractivity contribution < 1.29 is 33.8 Å². The second-order valence-electron chi connectivity index (χ2n) is 11.8. The molecule has 6 atom stereocenters. The van der Waals surface area contributed by atoms with Crippen LogP contribution in [0.1, 0.15) is 24.3 Å². The summed E-state index contributed by atoms with van der Waals surface area (Å²) >= 11 is 12.2. The zero-order valence-corrected chi connectivity index (χ0v) is 25.8. The summed E-state index contributed by atoms with van der Waals surface area (Å²) < 4.78 is 11.1. The van der Waals surface area contributed by atoms with Crippen LogP contribution < -0.4 is 19.3 Å². The quantitative estimate of drug-likeness (QED) is 0.277. The molecule has 4 aliphatic rings. The number of carbonyl (C=O) groups is 4. The van der Waals surface area contributed by atoms with E-state index in [1.165, 1.54) is 30.1 Å². The molecule has 230 valence electrons. The summed E-state index contributed by atoms with van der Waals surface area (Å²) in [5.74, 6) is -5.50. The zero-order chi connectivity index (χ0) is 31.7. The summed E-state index contributed by atoms with van der Waals surface area (Å²) in [5, 5.41) is 12.3. The van der Waals surface area contributed by atoms with Gasteiger partial charge in [-0.2, -0.15) is 0 Å². The molecule has 9 nitrogen and oxygen atoms in total. The van der Waals surface area contributed by atoms with Gasteiger partial charge in [-0.1, -0.05) is 34.9 Å². The molecule has 2 heterocycles. The van der Waals surface area contributed by atoms with E-state index < -0.39 is 47.3 Å². The van der Waals surface area contributed by atoms with Gasteiger partial charge < -0.3 is 14.6 Å². The SMILES string of the molecule is COc1cc(O)c(C2C3=CCC4C(=O)N(c5ccc(Cl)cc5)C(=O)C4C3CC3C(=O)N(c4ccc(Cl)cc4)C(=O)C32)c(OC)c1. The van der Waals surface area contributed by atoms with Gasteiger partial charge in [-0.25, -0.2) is 0 Å². The predicted octanol–water partition coefficient (Wildman–Crippen LogP) is 5.76. The van der Waals surface area contributed by atoms with Crippen molar-refractivity contribution >= 4 is 58.2 Å². The summed E-state index contributed by atoms with van der Waals surface area (Å²) in [6.07, 6.45) is 2.37. The van der Waals surface area contributed by atoms with Crippen LogP contribution in [0.2, 0.25) is 10.0 Å². The fourth-order valence-corrected chi connectivity index (χ4v) is 8.04. The van der Waals surface area contributed by atoms with Crippen molar-refractivity contribution in [2.75, 3.05) is 24.0 Å². The van der Waals surface area contributed by atoms with Crippen molar-refractivity contribution in [1.82, 2.24) is 0 Å². The molecule has 4 amide bonds. The number of anilines is 2. The Morgan fingerprint density at radius 2 is 1.27 bits per heavy atom. The predicted molar refractivity (Wildman–Crippen MR) is 167 cm³/mol. The lowest BCUT2D eigenvalue weighted by atomic mass is 9.57. The van der Waals surface area contributed by atoms with Crippen LogP contribution in [0.3, 0.4) is 0 Å². The number of carbonyl (C=O) groups excluding carboxylic acids is 4. The van der Waals surface area contributed by atoms with E-state index >= 15 is 0 Å². The topological polar surface area (TPSA) is 113 Å². The van der Waals surface area contributed by atoms with E-state index in [1.807, 2.05) is 6.08 Å². The number of imide groups is 2. The summed E-state index contributed by atoms with van der Waals surface area (Å²) in [6.45, 7) is 0. The number of hydrogen-bond acceptors (Lipinski definition) is 7. The average molecular weight is 648 g/mol. The molecular formula is C34H28Cl2N2O7. The van der Waals surface area contributed by atoms with Crippen LogP contribution >= 0.6 is 23.2 Å². The lowest BCUT2D eigenvalue weighted by Gasteiger charge is -2.44. The van der Waals surface area contributed by atoms with Gasteiger partial charge in [0.2, 0.25) is 23.6 Å². The number of halogens is 2. The van der Waals surface area contributed by atoms with Gasteiger partial charge in [0.1, 0.15) is 17.2 Å². The minimum absolute atomic E-state index is 0.166. The molecule has 2 aliphatic carbocycles. The first-order valence-corrected chi connectivity index (χ1v) is 15.3. The van der Waals surface area contributed by atoms with Gasteiger partial charge >= 0.3 is 0 Å². The second-order valence-corrected chi connectivity index (χ2v) is 12.6. The number of fused-ring (bicyclic) bond motifs is 4. The van der Waals surface area contributed by atoms with E-state index in [2.05, 4.69) is 0 Å². The molecule has 7 rings (SSSR count). The van der Waals surface area contributed by atoms with Crippen molar-refractivity contribution in [2.24, 2.45) is 29.6 Å². The maximum atomic E-state index is 14.3. The molecule has 0 bridgehead atoms. The van der Waals surface area contributed by atoms with Crippen molar-refractivity contribution in [3.05, 3.63) is 87.9 Å². The minimum atomic E-state index is -0.889. The smallest absolute Gasteiger partial charge is 0.238 e. The number of aromatic hydroxyl groups is 1. The highest BCUT2D eigenvalue weighted by Crippen LogP contribution is 2.60. The summed E-state index contributed by atoms with van der Waals surface area (Å²) in [4.78, 5) is 58.7. The van der Waals surface area contributed by atoms with E-state index in [4.69, 9.17) is 32.7 Å². The van der Waals surface area contributed by atoms with E-state index in [1.54, 1.807) is 54.6 Å². The van der Waals surface area contributed by atoms with E-state index in [0.717, 1.165) is 5.57 Å². The fourth-order valence-electron chi connectivity index (χ4n) is 7.79. The third-order valence-corrected chi connectivity index (χ3v) is 10.2. The Hall–Kier alpha value is -4.34. The number of phenolic OH excluding ortho intramolecular Hbond substituents is 1. The lowest BCUT2D eigenvalue weighted by Crippen LogP contribution is -2.43. The van der Waals surface area contributed by atoms with Crippen LogP contribution in [0.25, 0.3) is 0 Å². The lowest BCUT2D eigenvalue weighted by molar-refractivity contribution is -0.126. The molecule has 3 aromatic rings. The van der Waals surface area contributed by atoms with Gasteiger partial charge in [-0.15, -0.1) is 0 Å². The van der Waals surface area contributed by atoms with Gasteiger partial charge in [0.15, 0.2) is 0 Å². The first-order chi connectivity index (χ1) is 21.6. The molecule has 0 radical (unpaired) electrons. The Bertz CT molecular complexity index is 1790. The third-order valence-electron chi connectivity index (χ3n) is 9.68. The van der Waals surface area contributed by atoms with Gasteiger partial charge in [0.05, 0.1) is 49.3 Å². The normalized spacial score (nSPS) is 27.2. The molecule has 0 aromatic heterocycles. The number of hydrogen-bond donors (Lipinski definition) is 1. The highest BCUT2D eigenvalue weighted by atomic mass is 35.5. The highest BCUT2D eigenvalue weighted by molar-refractivity contribution is 6.31. The largest absolute Gasteiger partial charge is 0.507 e. The van der Waals surface area contributed by atoms with Crippen molar-refractivity contribution in [2.45, 2.75) is 18.8 Å². The summed E-state index contributed by atoms with van der Waals surface area (Å²) in [6, 6.07) is 16.0. The number of methoxy groups -OCH3 is 2. The van der Waals surface area contributed by atoms with E-state index in [0.29, 0.717) is 32.7 Å². The first kappa shape index (κ1) is 29.4. The minimum Gasteiger partial charge on any atom is -0.507 e. The molecular weight excluding hydrogens is 619 g/mol. The molecule has 45 heavy (non-hydrogen) atoms. The highest BCUT2D eigenvalue weighted by Gasteiger charge is 2.63. The van der Waals surface area contributed by atoms with Crippen LogP contribution in [0.5, 0.6) is 17.2 Å². The van der Waals surface area contributed by atoms with Crippen molar-refractivity contribution in [1.29, 1.82) is 0 Å². The Labute approximate surface area is 268 Å². The van der Waals surface area contributed by atoms with Gasteiger partial charge in [-0.3, -0.25) is 29.0 Å². The van der Waals surface area contributed by atoms with Gasteiger partial charge in [0.25, 0.3) is 0 Å². The molecule has 1 saturated carbocycles. The molecule has 2 saturated heterocycles. The molecule has 3 aromatic carbocycles. The number of nitrogens with zero attached hydrogens (tertiary/aromatic N) is 2. The standard InChI is InChI=1S/C34H28Cl2N2O7/c1-44-20-13-25(39)30(26(14-20)45-2)28-21-11-12-22-27(33(42)37(31(22)40)18-7-3-16(35)4-8-18)23(21)15-24-29(28)34(43)38(32(24)41)19-9-5-17(36)6-10-19/h3-11,13-14,22-24,27-29,39H,12,15H2,1-2H3. The summed E-state index contributed by atoms with van der Waals surface area (Å²) in [7, 11) is 2.91. The van der Waals surface area contributed by atoms with E-state index in [9.17, 15) is 24.3 Å². The first-order valence-electron chi connectivity index (χ1n) is 14.6. The Morgan fingerprint density at radius 3 is 1.82 bits per heavy atom. The number of amides is 4. The Morgan fingerprint density at radius 1 is 0.711 bits per heavy atom.